The number of nitrogens with zero attached hydrogens (tertiary/aromatic N) is 2. The van der Waals surface area contributed by atoms with Crippen LogP contribution >= 0.6 is 39.1 Å². The zero-order valence-electron chi connectivity index (χ0n) is 20.6. The Morgan fingerprint density at radius 1 is 0.973 bits per heavy atom. The fourth-order valence-electron chi connectivity index (χ4n) is 6.95. The van der Waals surface area contributed by atoms with Gasteiger partial charge in [-0.05, 0) is 84.4 Å². The monoisotopic (exact) mass is 600 g/mol. The molecule has 0 spiro atoms. The highest BCUT2D eigenvalue weighted by Crippen LogP contribution is 2.65. The molecular formula is C29H27BrCl2N2O3. The van der Waals surface area contributed by atoms with Crippen molar-refractivity contribution in [3.8, 4) is 0 Å². The summed E-state index contributed by atoms with van der Waals surface area (Å²) in [6.07, 6.45) is 6.76. The first-order valence-corrected chi connectivity index (χ1v) is 14.4. The van der Waals surface area contributed by atoms with Gasteiger partial charge in [-0.2, -0.15) is 0 Å². The minimum atomic E-state index is -0.368. The van der Waals surface area contributed by atoms with Gasteiger partial charge in [-0.25, -0.2) is 0 Å². The van der Waals surface area contributed by atoms with Crippen molar-refractivity contribution in [1.29, 1.82) is 0 Å². The Labute approximate surface area is 234 Å². The van der Waals surface area contributed by atoms with Gasteiger partial charge < -0.3 is 0 Å². The zero-order chi connectivity index (χ0) is 26.2. The van der Waals surface area contributed by atoms with Gasteiger partial charge in [0.2, 0.25) is 11.8 Å². The Balaban J connectivity index is 1.43. The molecule has 8 heteroatoms. The molecule has 2 aromatic rings. The van der Waals surface area contributed by atoms with E-state index in [2.05, 4.69) is 28.1 Å². The number of benzene rings is 2. The lowest BCUT2D eigenvalue weighted by atomic mass is 9.63. The molecule has 2 saturated carbocycles. The molecule has 3 amide bonds. The van der Waals surface area contributed by atoms with Crippen LogP contribution in [0.1, 0.15) is 41.8 Å². The predicted molar refractivity (Wildman–Crippen MR) is 148 cm³/mol. The molecule has 1 saturated heterocycles. The molecule has 5 nitrogen and oxygen atoms in total. The topological polar surface area (TPSA) is 57.7 Å². The van der Waals surface area contributed by atoms with E-state index in [1.807, 2.05) is 26.0 Å². The number of hydrogen-bond donors (Lipinski definition) is 0. The first kappa shape index (κ1) is 25.1. The molecule has 2 aromatic carbocycles. The molecular weight excluding hydrogens is 575 g/mol. The van der Waals surface area contributed by atoms with Gasteiger partial charge in [0, 0.05) is 9.50 Å². The Morgan fingerprint density at radius 3 is 2.05 bits per heavy atom. The van der Waals surface area contributed by atoms with Gasteiger partial charge in [-0.3, -0.25) is 24.2 Å². The third-order valence-electron chi connectivity index (χ3n) is 8.71. The first-order chi connectivity index (χ1) is 17.7. The highest BCUT2D eigenvalue weighted by molar-refractivity contribution is 9.10. The van der Waals surface area contributed by atoms with E-state index in [0.717, 1.165) is 27.7 Å². The third kappa shape index (κ3) is 3.90. The fourth-order valence-corrected chi connectivity index (χ4v) is 7.99. The smallest absolute Gasteiger partial charge is 0.261 e. The maximum atomic E-state index is 14.1. The van der Waals surface area contributed by atoms with Crippen LogP contribution in [0, 0.1) is 35.5 Å². The van der Waals surface area contributed by atoms with Crippen molar-refractivity contribution in [2.24, 2.45) is 35.5 Å². The van der Waals surface area contributed by atoms with Crippen molar-refractivity contribution in [3.05, 3.63) is 73.7 Å². The van der Waals surface area contributed by atoms with Gasteiger partial charge in [0.15, 0.2) is 0 Å². The van der Waals surface area contributed by atoms with Gasteiger partial charge in [0.1, 0.15) is 6.67 Å². The SMILES string of the molecule is CCc1cc(Br)cc(CC)c1N(CN1C(=O)C2C3C=CC(C4CC34)C2C1=O)C(=O)c1ccc(Cl)cc1Cl. The minimum absolute atomic E-state index is 0.126. The van der Waals surface area contributed by atoms with E-state index in [9.17, 15) is 14.4 Å². The summed E-state index contributed by atoms with van der Waals surface area (Å²) in [5.41, 5.74) is 2.90. The number of amides is 3. The third-order valence-corrected chi connectivity index (χ3v) is 9.71. The van der Waals surface area contributed by atoms with Crippen molar-refractivity contribution in [2.75, 3.05) is 11.6 Å². The Morgan fingerprint density at radius 2 is 1.54 bits per heavy atom. The van der Waals surface area contributed by atoms with Crippen LogP contribution in [0.5, 0.6) is 0 Å². The zero-order valence-corrected chi connectivity index (χ0v) is 23.7. The molecule has 1 aliphatic heterocycles. The number of hydrogen-bond acceptors (Lipinski definition) is 3. The second-order valence-corrected chi connectivity index (χ2v) is 12.3. The van der Waals surface area contributed by atoms with Crippen LogP contribution in [0.25, 0.3) is 0 Å². The minimum Gasteiger partial charge on any atom is -0.289 e. The summed E-state index contributed by atoms with van der Waals surface area (Å²) in [7, 11) is 0. The molecule has 3 fully saturated rings. The number of carbonyl (C=O) groups is 3. The van der Waals surface area contributed by atoms with Crippen LogP contribution in [0.4, 0.5) is 5.69 Å². The summed E-state index contributed by atoms with van der Waals surface area (Å²) in [5, 5.41) is 0.654. The quantitative estimate of drug-likeness (QED) is 0.279. The maximum absolute atomic E-state index is 14.1. The van der Waals surface area contributed by atoms with E-state index in [4.69, 9.17) is 23.2 Å². The van der Waals surface area contributed by atoms with Gasteiger partial charge in [0.05, 0.1) is 28.1 Å². The summed E-state index contributed by atoms with van der Waals surface area (Å²) in [6, 6.07) is 8.74. The Bertz CT molecular complexity index is 1310. The van der Waals surface area contributed by atoms with Crippen molar-refractivity contribution in [2.45, 2.75) is 33.1 Å². The molecule has 0 N–H and O–H groups in total. The number of likely N-dealkylation sites (tertiary alicyclic amines) is 1. The number of imide groups is 1. The van der Waals surface area contributed by atoms with Crippen LogP contribution in [0.15, 0.2) is 47.0 Å². The van der Waals surface area contributed by atoms with Crippen LogP contribution in [-0.4, -0.2) is 29.3 Å². The molecule has 37 heavy (non-hydrogen) atoms. The van der Waals surface area contributed by atoms with Crippen LogP contribution < -0.4 is 4.90 Å². The van der Waals surface area contributed by atoms with Crippen LogP contribution in [0.2, 0.25) is 10.0 Å². The van der Waals surface area contributed by atoms with Gasteiger partial charge in [-0.15, -0.1) is 0 Å². The molecule has 0 aromatic heterocycles. The molecule has 5 aliphatic rings. The van der Waals surface area contributed by atoms with E-state index in [1.165, 1.54) is 11.0 Å². The van der Waals surface area contributed by atoms with Gasteiger partial charge in [0.25, 0.3) is 5.91 Å². The standard InChI is InChI=1S/C29H27BrCl2N2O3/c1-3-14-9-16(30)10-15(4-2)26(14)33(27(35)20-6-5-17(31)11-23(20)32)13-34-28(36)24-18-7-8-19(22-12-21(18)22)25(24)29(34)37/h5-11,18-19,21-22,24-25H,3-4,12-13H2,1-2H3. The second-order valence-electron chi connectivity index (χ2n) is 10.5. The number of anilines is 1. The summed E-state index contributed by atoms with van der Waals surface area (Å²) in [6.45, 7) is 3.91. The van der Waals surface area contributed by atoms with Gasteiger partial charge in [-0.1, -0.05) is 65.1 Å². The lowest BCUT2D eigenvalue weighted by Gasteiger charge is -2.37. The van der Waals surface area contributed by atoms with Crippen molar-refractivity contribution >= 4 is 62.5 Å². The average molecular weight is 602 g/mol. The lowest BCUT2D eigenvalue weighted by Crippen LogP contribution is -2.46. The molecule has 0 radical (unpaired) electrons. The number of halogens is 3. The average Bonchev–Trinajstić information content (AvgIpc) is 3.66. The molecule has 6 atom stereocenters. The highest BCUT2D eigenvalue weighted by Gasteiger charge is 2.67. The van der Waals surface area contributed by atoms with Crippen LogP contribution in [-0.2, 0) is 22.4 Å². The second kappa shape index (κ2) is 9.25. The summed E-state index contributed by atoms with van der Waals surface area (Å²) < 4.78 is 0.920. The van der Waals surface area contributed by atoms with E-state index in [0.29, 0.717) is 29.7 Å². The maximum Gasteiger partial charge on any atom is 0.261 e. The lowest BCUT2D eigenvalue weighted by molar-refractivity contribution is -0.140. The largest absolute Gasteiger partial charge is 0.289 e. The van der Waals surface area contributed by atoms with E-state index < -0.39 is 0 Å². The van der Waals surface area contributed by atoms with Crippen LogP contribution in [0.3, 0.4) is 0 Å². The number of carbonyl (C=O) groups excluding carboxylic acids is 3. The Kier molecular flexibility index (Phi) is 6.28. The number of allylic oxidation sites excluding steroid dienone is 2. The normalized spacial score (nSPS) is 28.9. The number of aryl methyl sites for hydroxylation is 2. The van der Waals surface area contributed by atoms with E-state index in [1.54, 1.807) is 17.0 Å². The summed E-state index contributed by atoms with van der Waals surface area (Å²) in [5.74, 6) is -0.0321. The highest BCUT2D eigenvalue weighted by atomic mass is 79.9. The molecule has 7 rings (SSSR count). The summed E-state index contributed by atoms with van der Waals surface area (Å²) in [4.78, 5) is 44.6. The molecule has 4 aliphatic carbocycles. The fraction of sp³-hybridized carbons (Fsp3) is 0.414. The molecule has 2 bridgehead atoms. The molecule has 1 heterocycles. The molecule has 6 unspecified atom stereocenters. The Hall–Kier alpha value is -2.15. The first-order valence-electron chi connectivity index (χ1n) is 12.9. The van der Waals surface area contributed by atoms with E-state index in [-0.39, 0.29) is 58.6 Å². The van der Waals surface area contributed by atoms with Crippen molar-refractivity contribution in [1.82, 2.24) is 4.90 Å². The van der Waals surface area contributed by atoms with Crippen molar-refractivity contribution < 1.29 is 14.4 Å². The van der Waals surface area contributed by atoms with Crippen molar-refractivity contribution in [3.63, 3.8) is 0 Å². The predicted octanol–water partition coefficient (Wildman–Crippen LogP) is 6.54. The number of rotatable bonds is 6. The summed E-state index contributed by atoms with van der Waals surface area (Å²) >= 11 is 16.2. The van der Waals surface area contributed by atoms with E-state index >= 15 is 0 Å². The molecule has 192 valence electrons. The van der Waals surface area contributed by atoms with Gasteiger partial charge >= 0.3 is 0 Å².